The molecule has 3 aromatic carbocycles. The summed E-state index contributed by atoms with van der Waals surface area (Å²) in [4.78, 5) is 26.2. The summed E-state index contributed by atoms with van der Waals surface area (Å²) in [6.07, 6.45) is -9.63. The Morgan fingerprint density at radius 1 is 0.833 bits per heavy atom. The Labute approximate surface area is 206 Å². The minimum Gasteiger partial charge on any atom is -0.325 e. The van der Waals surface area contributed by atoms with E-state index in [0.29, 0.717) is 22.6 Å². The molecule has 36 heavy (non-hydrogen) atoms. The van der Waals surface area contributed by atoms with E-state index in [1.165, 1.54) is 11.8 Å². The Hall–Kier alpha value is -3.27. The number of hydrogen-bond donors (Lipinski definition) is 1. The summed E-state index contributed by atoms with van der Waals surface area (Å²) in [5.41, 5.74) is -1.17. The van der Waals surface area contributed by atoms with E-state index in [1.807, 2.05) is 12.1 Å². The molecule has 1 atom stereocenters. The first-order valence-corrected chi connectivity index (χ1v) is 11.8. The van der Waals surface area contributed by atoms with E-state index in [9.17, 15) is 35.9 Å². The number of nitrogens with one attached hydrogen (secondary N) is 1. The number of fused-ring (bicyclic) bond motifs is 1. The summed E-state index contributed by atoms with van der Waals surface area (Å²) < 4.78 is 78.3. The van der Waals surface area contributed by atoms with Crippen molar-refractivity contribution in [3.63, 3.8) is 0 Å². The first kappa shape index (κ1) is 25.8. The lowest BCUT2D eigenvalue weighted by Crippen LogP contribution is -2.34. The van der Waals surface area contributed by atoms with E-state index in [4.69, 9.17) is 0 Å². The molecule has 1 heterocycles. The molecule has 0 fully saturated rings. The number of thioether (sulfide) groups is 1. The predicted octanol–water partition coefficient (Wildman–Crippen LogP) is 7.05. The van der Waals surface area contributed by atoms with E-state index in [1.54, 1.807) is 36.4 Å². The third-order valence-corrected chi connectivity index (χ3v) is 6.93. The highest BCUT2D eigenvalue weighted by Gasteiger charge is 2.37. The Morgan fingerprint density at radius 3 is 2.03 bits per heavy atom. The summed E-state index contributed by atoms with van der Waals surface area (Å²) in [5, 5.41) is 2.70. The van der Waals surface area contributed by atoms with E-state index < -0.39 is 35.3 Å². The van der Waals surface area contributed by atoms with Crippen LogP contribution in [0.15, 0.2) is 71.6 Å². The van der Waals surface area contributed by atoms with Crippen LogP contribution in [0, 0.1) is 5.92 Å². The Balaban J connectivity index is 1.41. The number of carbonyl (C=O) groups is 2. The number of halogens is 6. The van der Waals surface area contributed by atoms with Crippen LogP contribution < -0.4 is 5.32 Å². The minimum atomic E-state index is -4.89. The topological polar surface area (TPSA) is 46.2 Å². The molecule has 10 heteroatoms. The van der Waals surface area contributed by atoms with Gasteiger partial charge in [0.2, 0.25) is 5.91 Å². The third kappa shape index (κ3) is 5.92. The molecule has 3 nitrogen and oxygen atoms in total. The lowest BCUT2D eigenvalue weighted by atomic mass is 9.97. The van der Waals surface area contributed by atoms with E-state index in [0.717, 1.165) is 17.0 Å². The summed E-state index contributed by atoms with van der Waals surface area (Å²) in [5.74, 6) is -1.22. The molecule has 0 saturated carbocycles. The molecule has 0 spiro atoms. The third-order valence-electron chi connectivity index (χ3n) is 5.76. The van der Waals surface area contributed by atoms with Gasteiger partial charge in [-0.25, -0.2) is 0 Å². The molecule has 0 bridgehead atoms. The summed E-state index contributed by atoms with van der Waals surface area (Å²) >= 11 is 1.43. The Bertz CT molecular complexity index is 1250. The lowest BCUT2D eigenvalue weighted by Gasteiger charge is -2.22. The van der Waals surface area contributed by atoms with Gasteiger partial charge in [0.25, 0.3) is 0 Å². The monoisotopic (exact) mass is 523 g/mol. The number of Topliss-reactive ketones (excluding diaryl/α,β-unsaturated/α-hetero) is 1. The van der Waals surface area contributed by atoms with Crippen LogP contribution in [-0.4, -0.2) is 17.4 Å². The van der Waals surface area contributed by atoms with Gasteiger partial charge in [-0.2, -0.15) is 26.3 Å². The highest BCUT2D eigenvalue weighted by molar-refractivity contribution is 7.99. The zero-order chi connectivity index (χ0) is 26.1. The number of anilines is 1. The Morgan fingerprint density at radius 2 is 1.42 bits per heavy atom. The molecular weight excluding hydrogens is 504 g/mol. The second kappa shape index (κ2) is 10.0. The number of alkyl halides is 6. The average Bonchev–Trinajstić information content (AvgIpc) is 2.82. The predicted molar refractivity (Wildman–Crippen MR) is 124 cm³/mol. The molecule has 0 radical (unpaired) electrons. The molecule has 1 aliphatic heterocycles. The van der Waals surface area contributed by atoms with Gasteiger partial charge in [0, 0.05) is 21.9 Å². The first-order chi connectivity index (χ1) is 16.9. The molecule has 1 aliphatic rings. The van der Waals surface area contributed by atoms with Gasteiger partial charge >= 0.3 is 12.4 Å². The first-order valence-electron chi connectivity index (χ1n) is 10.9. The highest BCUT2D eigenvalue weighted by atomic mass is 32.2. The summed E-state index contributed by atoms with van der Waals surface area (Å²) in [6, 6.07) is 15.0. The number of rotatable bonds is 5. The van der Waals surface area contributed by atoms with Crippen LogP contribution in [0.4, 0.5) is 32.0 Å². The highest BCUT2D eigenvalue weighted by Crippen LogP contribution is 2.37. The van der Waals surface area contributed by atoms with Crippen LogP contribution in [0.1, 0.15) is 32.6 Å². The molecular formula is C26H19F6NO2S. The van der Waals surface area contributed by atoms with Gasteiger partial charge in [-0.05, 0) is 60.4 Å². The number of ketones is 1. The zero-order valence-corrected chi connectivity index (χ0v) is 19.4. The van der Waals surface area contributed by atoms with Crippen molar-refractivity contribution in [3.05, 3.63) is 94.5 Å². The molecule has 1 amide bonds. The zero-order valence-electron chi connectivity index (χ0n) is 18.5. The number of amides is 1. The van der Waals surface area contributed by atoms with Crippen molar-refractivity contribution in [1.29, 1.82) is 0 Å². The van der Waals surface area contributed by atoms with Gasteiger partial charge in [-0.15, -0.1) is 11.8 Å². The molecule has 3 aromatic rings. The molecule has 0 aromatic heterocycles. The van der Waals surface area contributed by atoms with Crippen LogP contribution in [0.25, 0.3) is 0 Å². The quantitative estimate of drug-likeness (QED) is 0.288. The van der Waals surface area contributed by atoms with Crippen molar-refractivity contribution >= 4 is 29.1 Å². The van der Waals surface area contributed by atoms with E-state index in [2.05, 4.69) is 5.32 Å². The van der Waals surface area contributed by atoms with Crippen molar-refractivity contribution in [2.45, 2.75) is 30.1 Å². The SMILES string of the molecule is O=C(Nc1ccc(CCc2cc(C(F)(F)F)cc(C(F)(F)F)c2)cc1)C1CSc2ccccc2C1=O. The van der Waals surface area contributed by atoms with Crippen molar-refractivity contribution in [1.82, 2.24) is 0 Å². The van der Waals surface area contributed by atoms with Gasteiger partial charge < -0.3 is 5.32 Å². The minimum absolute atomic E-state index is 0.0358. The second-order valence-corrected chi connectivity index (χ2v) is 9.39. The summed E-state index contributed by atoms with van der Waals surface area (Å²) in [7, 11) is 0. The molecule has 0 aliphatic carbocycles. The molecule has 188 valence electrons. The second-order valence-electron chi connectivity index (χ2n) is 8.32. The van der Waals surface area contributed by atoms with Crippen LogP contribution in [-0.2, 0) is 30.0 Å². The molecule has 1 unspecified atom stereocenters. The molecule has 4 rings (SSSR count). The maximum Gasteiger partial charge on any atom is 0.416 e. The van der Waals surface area contributed by atoms with Crippen molar-refractivity contribution in [3.8, 4) is 0 Å². The van der Waals surface area contributed by atoms with Gasteiger partial charge in [0.15, 0.2) is 5.78 Å². The number of hydrogen-bond acceptors (Lipinski definition) is 3. The maximum atomic E-state index is 13.1. The van der Waals surface area contributed by atoms with E-state index >= 15 is 0 Å². The fourth-order valence-electron chi connectivity index (χ4n) is 3.86. The van der Waals surface area contributed by atoms with Gasteiger partial charge in [-0.3, -0.25) is 9.59 Å². The van der Waals surface area contributed by atoms with Crippen LogP contribution in [0.5, 0.6) is 0 Å². The molecule has 0 saturated heterocycles. The molecule has 1 N–H and O–H groups in total. The normalized spacial score (nSPS) is 15.9. The van der Waals surface area contributed by atoms with Crippen LogP contribution in [0.2, 0.25) is 0 Å². The lowest BCUT2D eigenvalue weighted by molar-refractivity contribution is -0.143. The van der Waals surface area contributed by atoms with Crippen LogP contribution in [0.3, 0.4) is 0 Å². The number of aryl methyl sites for hydroxylation is 2. The smallest absolute Gasteiger partial charge is 0.325 e. The average molecular weight is 523 g/mol. The van der Waals surface area contributed by atoms with Crippen molar-refractivity contribution in [2.75, 3.05) is 11.1 Å². The van der Waals surface area contributed by atoms with Gasteiger partial charge in [0.1, 0.15) is 5.92 Å². The summed E-state index contributed by atoms with van der Waals surface area (Å²) in [6.45, 7) is 0. The number of carbonyl (C=O) groups excluding carboxylic acids is 2. The van der Waals surface area contributed by atoms with Crippen LogP contribution >= 0.6 is 11.8 Å². The van der Waals surface area contributed by atoms with Crippen molar-refractivity contribution < 1.29 is 35.9 Å². The fourth-order valence-corrected chi connectivity index (χ4v) is 5.01. The largest absolute Gasteiger partial charge is 0.416 e. The maximum absolute atomic E-state index is 13.1. The van der Waals surface area contributed by atoms with Crippen molar-refractivity contribution in [2.24, 2.45) is 5.92 Å². The number of benzene rings is 3. The van der Waals surface area contributed by atoms with E-state index in [-0.39, 0.29) is 30.3 Å². The fraction of sp³-hybridized carbons (Fsp3) is 0.231. The van der Waals surface area contributed by atoms with Gasteiger partial charge in [0.05, 0.1) is 11.1 Å². The Kier molecular flexibility index (Phi) is 7.17. The standard InChI is InChI=1S/C26H19F6NO2S/c27-25(28,29)17-11-16(12-18(13-17)26(30,31)32)6-5-15-7-9-19(10-8-15)33-24(35)21-14-36-22-4-2-1-3-20(22)23(21)34/h1-4,7-13,21H,5-6,14H2,(H,33,35). The van der Waals surface area contributed by atoms with Gasteiger partial charge in [-0.1, -0.05) is 30.3 Å².